The molecule has 2 aromatic rings. The number of alkyl carbamates (subject to hydrolysis) is 1. The van der Waals surface area contributed by atoms with E-state index >= 15 is 0 Å². The summed E-state index contributed by atoms with van der Waals surface area (Å²) in [5, 5.41) is 12.1. The fourth-order valence-corrected chi connectivity index (χ4v) is 6.69. The monoisotopic (exact) mass is 474 g/mol. The Labute approximate surface area is 204 Å². The molecule has 182 valence electrons. The minimum Gasteiger partial charge on any atom is -0.481 e. The number of rotatable bonds is 6. The van der Waals surface area contributed by atoms with Crippen LogP contribution in [0, 0.1) is 17.3 Å². The van der Waals surface area contributed by atoms with E-state index in [-0.39, 0.29) is 42.4 Å². The van der Waals surface area contributed by atoms with Crippen molar-refractivity contribution in [3.8, 4) is 11.1 Å². The molecule has 4 aliphatic carbocycles. The first-order valence-corrected chi connectivity index (χ1v) is 12.5. The van der Waals surface area contributed by atoms with E-state index < -0.39 is 17.5 Å². The van der Waals surface area contributed by atoms with Gasteiger partial charge in [-0.1, -0.05) is 48.5 Å². The summed E-state index contributed by atoms with van der Waals surface area (Å²) in [6, 6.07) is 16.4. The molecule has 3 atom stereocenters. The standard InChI is InChI=1S/C28H30N2O5/c1-30(19-10-16(11-19)25(31)32)26(33)28-13-17(28)12-18(14-28)29-27(34)35-15-24-22-8-4-2-6-20(22)21-7-3-5-9-23(21)24/h2-9,16-19,24H,10-15H2,1H3,(H,29,34)(H,31,32). The molecule has 0 spiro atoms. The third-order valence-electron chi connectivity index (χ3n) is 8.83. The van der Waals surface area contributed by atoms with E-state index in [1.807, 2.05) is 24.3 Å². The second-order valence-corrected chi connectivity index (χ2v) is 10.7. The predicted molar refractivity (Wildman–Crippen MR) is 129 cm³/mol. The minimum absolute atomic E-state index is 0.00775. The van der Waals surface area contributed by atoms with Gasteiger partial charge in [-0.3, -0.25) is 9.59 Å². The number of amides is 2. The number of hydrogen-bond donors (Lipinski definition) is 2. The minimum atomic E-state index is -0.780. The summed E-state index contributed by atoms with van der Waals surface area (Å²) in [4.78, 5) is 38.8. The van der Waals surface area contributed by atoms with Crippen molar-refractivity contribution in [2.75, 3.05) is 13.7 Å². The lowest BCUT2D eigenvalue weighted by molar-refractivity contribution is -0.151. The summed E-state index contributed by atoms with van der Waals surface area (Å²) < 4.78 is 5.69. The van der Waals surface area contributed by atoms with Gasteiger partial charge in [0.25, 0.3) is 0 Å². The molecule has 4 aliphatic rings. The first kappa shape index (κ1) is 22.1. The molecule has 0 saturated heterocycles. The molecular formula is C28H30N2O5. The van der Waals surface area contributed by atoms with E-state index in [2.05, 4.69) is 29.6 Å². The molecule has 3 fully saturated rings. The molecule has 2 aromatic carbocycles. The molecule has 35 heavy (non-hydrogen) atoms. The van der Waals surface area contributed by atoms with E-state index in [0.717, 1.165) is 12.8 Å². The van der Waals surface area contributed by atoms with Crippen LogP contribution in [0.25, 0.3) is 11.1 Å². The summed E-state index contributed by atoms with van der Waals surface area (Å²) in [7, 11) is 1.79. The molecule has 2 N–H and O–H groups in total. The van der Waals surface area contributed by atoms with Crippen LogP contribution in [-0.4, -0.2) is 53.7 Å². The van der Waals surface area contributed by atoms with E-state index in [9.17, 15) is 14.4 Å². The number of nitrogens with one attached hydrogen (secondary N) is 1. The van der Waals surface area contributed by atoms with Crippen LogP contribution in [0.5, 0.6) is 0 Å². The second-order valence-electron chi connectivity index (χ2n) is 10.7. The zero-order chi connectivity index (χ0) is 24.3. The SMILES string of the molecule is CN(C(=O)C12CC(NC(=O)OCC3c4ccccc4-c4ccccc43)CC1C2)C1CC(C(=O)O)C1. The van der Waals surface area contributed by atoms with Crippen LogP contribution in [0.15, 0.2) is 48.5 Å². The highest BCUT2D eigenvalue weighted by Crippen LogP contribution is 2.64. The fourth-order valence-electron chi connectivity index (χ4n) is 6.69. The first-order chi connectivity index (χ1) is 16.9. The number of carboxylic acids is 1. The highest BCUT2D eigenvalue weighted by molar-refractivity contribution is 5.87. The molecule has 3 saturated carbocycles. The van der Waals surface area contributed by atoms with E-state index in [0.29, 0.717) is 19.3 Å². The molecule has 6 rings (SSSR count). The topological polar surface area (TPSA) is 95.9 Å². The highest BCUT2D eigenvalue weighted by Gasteiger charge is 2.66. The van der Waals surface area contributed by atoms with Crippen molar-refractivity contribution in [3.05, 3.63) is 59.7 Å². The van der Waals surface area contributed by atoms with Crippen LogP contribution in [-0.2, 0) is 14.3 Å². The van der Waals surface area contributed by atoms with Gasteiger partial charge in [-0.25, -0.2) is 4.79 Å². The summed E-state index contributed by atoms with van der Waals surface area (Å²) in [5.74, 6) is -0.712. The maximum absolute atomic E-state index is 13.2. The van der Waals surface area contributed by atoms with Crippen molar-refractivity contribution in [3.63, 3.8) is 0 Å². The smallest absolute Gasteiger partial charge is 0.407 e. The van der Waals surface area contributed by atoms with E-state index in [4.69, 9.17) is 9.84 Å². The first-order valence-electron chi connectivity index (χ1n) is 12.5. The molecule has 0 aliphatic heterocycles. The van der Waals surface area contributed by atoms with Crippen molar-refractivity contribution in [2.24, 2.45) is 17.3 Å². The normalized spacial score (nSPS) is 29.9. The molecule has 7 heteroatoms. The summed E-state index contributed by atoms with van der Waals surface area (Å²) in [6.07, 6.45) is 2.89. The maximum Gasteiger partial charge on any atom is 0.407 e. The highest BCUT2D eigenvalue weighted by atomic mass is 16.5. The Kier molecular flexibility index (Phi) is 5.13. The Morgan fingerprint density at radius 2 is 1.63 bits per heavy atom. The van der Waals surface area contributed by atoms with Crippen molar-refractivity contribution in [2.45, 2.75) is 50.1 Å². The van der Waals surface area contributed by atoms with Crippen molar-refractivity contribution < 1.29 is 24.2 Å². The van der Waals surface area contributed by atoms with Gasteiger partial charge >= 0.3 is 12.1 Å². The van der Waals surface area contributed by atoms with Gasteiger partial charge in [-0.2, -0.15) is 0 Å². The number of aliphatic carboxylic acids is 1. The Morgan fingerprint density at radius 1 is 1.00 bits per heavy atom. The van der Waals surface area contributed by atoms with Gasteiger partial charge in [0.1, 0.15) is 6.61 Å². The molecule has 0 radical (unpaired) electrons. The molecule has 0 bridgehead atoms. The zero-order valence-electron chi connectivity index (χ0n) is 19.8. The van der Waals surface area contributed by atoms with Gasteiger partial charge in [0.05, 0.1) is 11.3 Å². The van der Waals surface area contributed by atoms with Crippen LogP contribution in [0.1, 0.15) is 49.1 Å². The van der Waals surface area contributed by atoms with Gasteiger partial charge < -0.3 is 20.1 Å². The van der Waals surface area contributed by atoms with E-state index in [1.54, 1.807) is 11.9 Å². The van der Waals surface area contributed by atoms with Gasteiger partial charge in [-0.05, 0) is 60.3 Å². The third-order valence-corrected chi connectivity index (χ3v) is 8.83. The lowest BCUT2D eigenvalue weighted by Gasteiger charge is -2.40. The van der Waals surface area contributed by atoms with Crippen LogP contribution < -0.4 is 5.32 Å². The third kappa shape index (κ3) is 3.60. The largest absolute Gasteiger partial charge is 0.481 e. The second kappa shape index (κ2) is 8.11. The van der Waals surface area contributed by atoms with Crippen LogP contribution in [0.2, 0.25) is 0 Å². The van der Waals surface area contributed by atoms with Crippen molar-refractivity contribution in [1.82, 2.24) is 10.2 Å². The molecular weight excluding hydrogens is 444 g/mol. The Morgan fingerprint density at radius 3 is 2.26 bits per heavy atom. The summed E-state index contributed by atoms with van der Waals surface area (Å²) in [5.41, 5.74) is 4.34. The Hall–Kier alpha value is -3.35. The summed E-state index contributed by atoms with van der Waals surface area (Å²) in [6.45, 7) is 0.273. The summed E-state index contributed by atoms with van der Waals surface area (Å²) >= 11 is 0. The molecule has 7 nitrogen and oxygen atoms in total. The number of ether oxygens (including phenoxy) is 1. The Balaban J connectivity index is 1.04. The van der Waals surface area contributed by atoms with Crippen molar-refractivity contribution >= 4 is 18.0 Å². The van der Waals surface area contributed by atoms with Gasteiger partial charge in [-0.15, -0.1) is 0 Å². The van der Waals surface area contributed by atoms with Crippen LogP contribution in [0.4, 0.5) is 4.79 Å². The number of carbonyl (C=O) groups is 3. The number of carboxylic acid groups (broad SMARTS) is 1. The van der Waals surface area contributed by atoms with Gasteiger partial charge in [0, 0.05) is 25.0 Å². The number of carbonyl (C=O) groups excluding carboxylic acids is 2. The number of hydrogen-bond acceptors (Lipinski definition) is 4. The maximum atomic E-state index is 13.2. The molecule has 3 unspecified atom stereocenters. The number of benzene rings is 2. The number of nitrogens with zero attached hydrogens (tertiary/aromatic N) is 1. The van der Waals surface area contributed by atoms with Gasteiger partial charge in [0.2, 0.25) is 5.91 Å². The van der Waals surface area contributed by atoms with E-state index in [1.165, 1.54) is 22.3 Å². The lowest BCUT2D eigenvalue weighted by Crippen LogP contribution is -2.50. The number of fused-ring (bicyclic) bond motifs is 4. The zero-order valence-corrected chi connectivity index (χ0v) is 19.8. The van der Waals surface area contributed by atoms with Crippen molar-refractivity contribution in [1.29, 1.82) is 0 Å². The fraction of sp³-hybridized carbons (Fsp3) is 0.464. The average Bonchev–Trinajstić information content (AvgIpc) is 3.24. The predicted octanol–water partition coefficient (Wildman–Crippen LogP) is 4.02. The lowest BCUT2D eigenvalue weighted by atomic mass is 9.79. The van der Waals surface area contributed by atoms with Gasteiger partial charge in [0.15, 0.2) is 0 Å². The van der Waals surface area contributed by atoms with Crippen LogP contribution >= 0.6 is 0 Å². The van der Waals surface area contributed by atoms with Crippen LogP contribution in [0.3, 0.4) is 0 Å². The molecule has 0 heterocycles. The molecule has 0 aromatic heterocycles. The quantitative estimate of drug-likeness (QED) is 0.659. The molecule has 2 amide bonds. The average molecular weight is 475 g/mol. The Bertz CT molecular complexity index is 1160.